The molecule has 0 saturated carbocycles. The van der Waals surface area contributed by atoms with Crippen molar-refractivity contribution in [1.82, 2.24) is 36.9 Å². The van der Waals surface area contributed by atoms with Gasteiger partial charge in [0.2, 0.25) is 28.8 Å². The number of aromatic nitrogens is 1. The molecule has 1 aromatic carbocycles. The average Bonchev–Trinajstić information content (AvgIpc) is 3.47. The molecule has 0 aliphatic heterocycles. The summed E-state index contributed by atoms with van der Waals surface area (Å²) in [5, 5.41) is 19.8. The highest BCUT2D eigenvalue weighted by molar-refractivity contribution is 7.13. The van der Waals surface area contributed by atoms with Gasteiger partial charge in [0.15, 0.2) is 0 Å². The maximum absolute atomic E-state index is 13.8. The van der Waals surface area contributed by atoms with Gasteiger partial charge in [-0.3, -0.25) is 19.2 Å². The van der Waals surface area contributed by atoms with E-state index < -0.39 is 29.4 Å². The number of carbonyl (C=O) groups excluding carboxylic acids is 4. The molecule has 1 aliphatic rings. The number of likely N-dealkylation sites (N-methyl/N-ethyl adjacent to an activating group) is 2. The number of aliphatic imine (C=N–C) groups is 1. The first-order valence-electron chi connectivity index (χ1n) is 16.1. The number of fused-ring (bicyclic) bond motifs is 1. The molecule has 2 unspecified atom stereocenters. The molecule has 14 heteroatoms. The Morgan fingerprint density at radius 2 is 1.72 bits per heavy atom. The molecule has 1 heterocycles. The van der Waals surface area contributed by atoms with E-state index in [0.29, 0.717) is 16.7 Å². The zero-order valence-corrected chi connectivity index (χ0v) is 29.3. The van der Waals surface area contributed by atoms with Crippen molar-refractivity contribution in [3.63, 3.8) is 0 Å². The fraction of sp³-hybridized carbons (Fsp3) is 0.576. The molecule has 0 spiro atoms. The molecule has 0 fully saturated rings. The Labute approximate surface area is 281 Å². The molecule has 1 aliphatic carbocycles. The molecule has 8 N–H and O–H groups in total. The summed E-state index contributed by atoms with van der Waals surface area (Å²) in [6, 6.07) is 5.35. The zero-order valence-electron chi connectivity index (χ0n) is 28.5. The maximum atomic E-state index is 13.8. The van der Waals surface area contributed by atoms with E-state index in [2.05, 4.69) is 47.9 Å². The normalized spacial score (nSPS) is 17.4. The van der Waals surface area contributed by atoms with Gasteiger partial charge in [-0.2, -0.15) is 0 Å². The van der Waals surface area contributed by atoms with Gasteiger partial charge in [-0.25, -0.2) is 9.98 Å². The number of hydrogen-bond donors (Lipinski definition) is 7. The minimum atomic E-state index is -0.960. The van der Waals surface area contributed by atoms with Gasteiger partial charge in [-0.15, -0.1) is 11.3 Å². The second-order valence-electron chi connectivity index (χ2n) is 13.0. The quantitative estimate of drug-likeness (QED) is 0.110. The summed E-state index contributed by atoms with van der Waals surface area (Å²) in [5.74, 6) is -1.05. The first-order valence-corrected chi connectivity index (χ1v) is 17.0. The first-order chi connectivity index (χ1) is 22.2. The van der Waals surface area contributed by atoms with Crippen LogP contribution in [0.3, 0.4) is 0 Å². The van der Waals surface area contributed by atoms with E-state index >= 15 is 0 Å². The number of carbonyl (C=O) groups is 4. The fourth-order valence-electron chi connectivity index (χ4n) is 5.14. The number of aryl methyl sites for hydroxylation is 1. The second-order valence-corrected chi connectivity index (χ2v) is 13.9. The van der Waals surface area contributed by atoms with Crippen LogP contribution in [0.15, 0.2) is 34.6 Å². The molecule has 13 nitrogen and oxygen atoms in total. The van der Waals surface area contributed by atoms with Crippen LogP contribution in [0, 0.1) is 5.41 Å². The fourth-order valence-corrected chi connectivity index (χ4v) is 5.85. The minimum Gasteiger partial charge on any atom is -0.386 e. The van der Waals surface area contributed by atoms with Gasteiger partial charge in [0.25, 0.3) is 0 Å². The molecule has 2 aromatic rings. The van der Waals surface area contributed by atoms with Gasteiger partial charge in [0.05, 0.1) is 30.2 Å². The van der Waals surface area contributed by atoms with Gasteiger partial charge in [-0.05, 0) is 70.2 Å². The lowest BCUT2D eigenvalue weighted by Gasteiger charge is -2.33. The number of amides is 4. The van der Waals surface area contributed by atoms with Gasteiger partial charge in [-0.1, -0.05) is 45.0 Å². The van der Waals surface area contributed by atoms with E-state index in [9.17, 15) is 19.2 Å². The summed E-state index contributed by atoms with van der Waals surface area (Å²) in [6.07, 6.45) is 2.82. The van der Waals surface area contributed by atoms with Crippen LogP contribution in [-0.4, -0.2) is 79.3 Å². The Hall–Kier alpha value is -3.88. The molecular weight excluding hydrogens is 618 g/mol. The molecule has 5 atom stereocenters. The molecule has 0 radical (unpaired) electrons. The Morgan fingerprint density at radius 3 is 2.40 bits per heavy atom. The standard InChI is InChI=1S/C33H51N9O4S/c1-19(35-6)28(34)42-32-38-22(18-47-32)17-26(43)37-16-15-25(30(45)39-24-14-10-12-21-11-8-9-13-23(21)24)40-31(46)27(33(3,4)5)41-29(44)20(2)36-7/h8-9,11,13,18-20,24-25,27,35-36H,10,12,14-17H2,1-7H3,(H,37,43)(H,39,45)(H,40,46)(H,41,44)(H2,34,38,42)/t19?,20?,24-,25+,27-/m1/s1. The lowest BCUT2D eigenvalue weighted by molar-refractivity contribution is -0.135. The summed E-state index contributed by atoms with van der Waals surface area (Å²) < 4.78 is 0. The van der Waals surface area contributed by atoms with Crippen molar-refractivity contribution >= 4 is 45.9 Å². The molecule has 3 rings (SSSR count). The third kappa shape index (κ3) is 11.1. The van der Waals surface area contributed by atoms with E-state index in [1.165, 1.54) is 16.9 Å². The van der Waals surface area contributed by atoms with Crippen LogP contribution in [0.25, 0.3) is 0 Å². The second kappa shape index (κ2) is 17.3. The number of benzene rings is 1. The van der Waals surface area contributed by atoms with E-state index in [1.54, 1.807) is 26.4 Å². The van der Waals surface area contributed by atoms with Crippen molar-refractivity contribution in [2.75, 3.05) is 20.6 Å². The summed E-state index contributed by atoms with van der Waals surface area (Å²) in [4.78, 5) is 61.7. The molecule has 47 heavy (non-hydrogen) atoms. The largest absolute Gasteiger partial charge is 0.386 e. The Morgan fingerprint density at radius 1 is 1.02 bits per heavy atom. The number of nitrogens with one attached hydrogen (secondary N) is 6. The Bertz CT molecular complexity index is 1420. The van der Waals surface area contributed by atoms with Gasteiger partial charge in [0.1, 0.15) is 17.9 Å². The number of thiazole rings is 1. The molecule has 0 saturated heterocycles. The van der Waals surface area contributed by atoms with E-state index in [-0.39, 0.29) is 49.2 Å². The van der Waals surface area contributed by atoms with E-state index in [0.717, 1.165) is 24.8 Å². The lowest BCUT2D eigenvalue weighted by atomic mass is 9.85. The van der Waals surface area contributed by atoms with Gasteiger partial charge < -0.3 is 37.6 Å². The molecule has 258 valence electrons. The zero-order chi connectivity index (χ0) is 34.7. The Balaban J connectivity index is 1.71. The van der Waals surface area contributed by atoms with Crippen LogP contribution in [0.4, 0.5) is 5.13 Å². The third-order valence-electron chi connectivity index (χ3n) is 8.30. The monoisotopic (exact) mass is 669 g/mol. The summed E-state index contributed by atoms with van der Waals surface area (Å²) in [7, 11) is 3.45. The first kappa shape index (κ1) is 37.6. The number of nitrogens with two attached hydrogens (primary N) is 1. The van der Waals surface area contributed by atoms with Crippen molar-refractivity contribution in [2.45, 2.75) is 96.9 Å². The number of nitrogens with zero attached hydrogens (tertiary/aromatic N) is 2. The van der Waals surface area contributed by atoms with Crippen LogP contribution in [0.2, 0.25) is 0 Å². The number of hydrogen-bond acceptors (Lipinski definition) is 9. The molecule has 4 amide bonds. The van der Waals surface area contributed by atoms with Gasteiger partial charge in [0, 0.05) is 11.9 Å². The van der Waals surface area contributed by atoms with Crippen molar-refractivity contribution < 1.29 is 19.2 Å². The van der Waals surface area contributed by atoms with E-state index in [1.807, 2.05) is 45.9 Å². The van der Waals surface area contributed by atoms with E-state index in [4.69, 9.17) is 5.73 Å². The van der Waals surface area contributed by atoms with Crippen molar-refractivity contribution in [1.29, 1.82) is 0 Å². The lowest BCUT2D eigenvalue weighted by Crippen LogP contribution is -2.60. The molecular formula is C33H51N9O4S. The topological polar surface area (TPSA) is 192 Å². The molecule has 0 bridgehead atoms. The number of amidine groups is 1. The van der Waals surface area contributed by atoms with Crippen LogP contribution in [0.5, 0.6) is 0 Å². The highest BCUT2D eigenvalue weighted by Crippen LogP contribution is 2.29. The summed E-state index contributed by atoms with van der Waals surface area (Å²) >= 11 is 1.29. The maximum Gasteiger partial charge on any atom is 0.243 e. The SMILES string of the molecule is CNC(C)C(=O)N[C@H](C(=O)N[C@@H](CCNC(=O)Cc1csc(/N=C(\N)C(C)NC)n1)C(=O)N[C@@H]1CCCc2ccccc21)C(C)(C)C. The van der Waals surface area contributed by atoms with Crippen molar-refractivity contribution in [2.24, 2.45) is 16.1 Å². The van der Waals surface area contributed by atoms with Gasteiger partial charge >= 0.3 is 0 Å². The third-order valence-corrected chi connectivity index (χ3v) is 9.08. The van der Waals surface area contributed by atoms with Crippen LogP contribution >= 0.6 is 11.3 Å². The molecule has 1 aromatic heterocycles. The predicted molar refractivity (Wildman–Crippen MR) is 185 cm³/mol. The summed E-state index contributed by atoms with van der Waals surface area (Å²) in [5.41, 5.74) is 8.15. The van der Waals surface area contributed by atoms with Crippen LogP contribution < -0.4 is 37.6 Å². The smallest absolute Gasteiger partial charge is 0.243 e. The van der Waals surface area contributed by atoms with Crippen LogP contribution in [-0.2, 0) is 32.0 Å². The minimum absolute atomic E-state index is 0.0252. The van der Waals surface area contributed by atoms with Crippen molar-refractivity contribution in [3.05, 3.63) is 46.5 Å². The highest BCUT2D eigenvalue weighted by Gasteiger charge is 2.36. The average molecular weight is 670 g/mol. The van der Waals surface area contributed by atoms with Crippen molar-refractivity contribution in [3.8, 4) is 0 Å². The summed E-state index contributed by atoms with van der Waals surface area (Å²) in [6.45, 7) is 9.26. The number of rotatable bonds is 15. The highest BCUT2D eigenvalue weighted by atomic mass is 32.1. The Kier molecular flexibility index (Phi) is 13.8. The predicted octanol–water partition coefficient (Wildman–Crippen LogP) is 1.61. The van der Waals surface area contributed by atoms with Crippen LogP contribution in [0.1, 0.15) is 76.7 Å².